The van der Waals surface area contributed by atoms with Crippen molar-refractivity contribution in [3.63, 3.8) is 0 Å². The van der Waals surface area contributed by atoms with Gasteiger partial charge in [-0.05, 0) is 17.7 Å². The highest BCUT2D eigenvalue weighted by molar-refractivity contribution is 7.92. The number of nitrogens with zero attached hydrogens (tertiary/aromatic N) is 1. The van der Waals surface area contributed by atoms with E-state index in [2.05, 4.69) is 0 Å². The fourth-order valence-corrected chi connectivity index (χ4v) is 1.74. The SMILES string of the molecule is CS(=O)(=O)Nc1c(F)cc(CN)cc1C#N.Cl. The minimum atomic E-state index is -3.62. The third-order valence-electron chi connectivity index (χ3n) is 1.79. The van der Waals surface area contributed by atoms with Gasteiger partial charge < -0.3 is 5.73 Å². The molecule has 0 bridgehead atoms. The predicted molar refractivity (Wildman–Crippen MR) is 64.7 cm³/mol. The van der Waals surface area contributed by atoms with Crippen molar-refractivity contribution in [3.05, 3.63) is 29.1 Å². The van der Waals surface area contributed by atoms with Gasteiger partial charge in [0.05, 0.1) is 11.8 Å². The highest BCUT2D eigenvalue weighted by atomic mass is 35.5. The number of benzene rings is 1. The van der Waals surface area contributed by atoms with Gasteiger partial charge in [0.15, 0.2) is 0 Å². The lowest BCUT2D eigenvalue weighted by Crippen LogP contribution is -2.13. The Balaban J connectivity index is 0.00000256. The monoisotopic (exact) mass is 279 g/mol. The van der Waals surface area contributed by atoms with Crippen LogP contribution in [-0.4, -0.2) is 14.7 Å². The number of nitrogens with one attached hydrogen (secondary N) is 1. The molecule has 3 N–H and O–H groups in total. The summed E-state index contributed by atoms with van der Waals surface area (Å²) in [6, 6.07) is 4.15. The van der Waals surface area contributed by atoms with Crippen LogP contribution in [0.25, 0.3) is 0 Å². The maximum Gasteiger partial charge on any atom is 0.229 e. The largest absolute Gasteiger partial charge is 0.326 e. The topological polar surface area (TPSA) is 96.0 Å². The molecule has 1 rings (SSSR count). The first kappa shape index (κ1) is 15.6. The van der Waals surface area contributed by atoms with Gasteiger partial charge in [0.1, 0.15) is 17.6 Å². The molecule has 8 heteroatoms. The molecule has 17 heavy (non-hydrogen) atoms. The highest BCUT2D eigenvalue weighted by Crippen LogP contribution is 2.22. The molecule has 94 valence electrons. The van der Waals surface area contributed by atoms with E-state index >= 15 is 0 Å². The fraction of sp³-hybridized carbons (Fsp3) is 0.222. The Labute approximate surface area is 105 Å². The van der Waals surface area contributed by atoms with Gasteiger partial charge in [0.2, 0.25) is 10.0 Å². The molecule has 0 heterocycles. The first-order valence-corrected chi connectivity index (χ1v) is 6.17. The van der Waals surface area contributed by atoms with Crippen LogP contribution in [0, 0.1) is 17.1 Å². The maximum atomic E-state index is 13.5. The minimum absolute atomic E-state index is 0. The molecule has 0 spiro atoms. The second-order valence-corrected chi connectivity index (χ2v) is 4.94. The van der Waals surface area contributed by atoms with Crippen LogP contribution in [0.4, 0.5) is 10.1 Å². The zero-order valence-corrected chi connectivity index (χ0v) is 10.5. The van der Waals surface area contributed by atoms with Gasteiger partial charge in [-0.15, -0.1) is 12.4 Å². The van der Waals surface area contributed by atoms with E-state index in [1.165, 1.54) is 6.07 Å². The van der Waals surface area contributed by atoms with Gasteiger partial charge in [0.25, 0.3) is 0 Å². The summed E-state index contributed by atoms with van der Waals surface area (Å²) in [7, 11) is -3.62. The molecule has 0 amide bonds. The molecular formula is C9H11ClFN3O2S. The molecule has 0 atom stereocenters. The van der Waals surface area contributed by atoms with Crippen LogP contribution in [-0.2, 0) is 16.6 Å². The second-order valence-electron chi connectivity index (χ2n) is 3.19. The molecule has 0 aliphatic carbocycles. The van der Waals surface area contributed by atoms with E-state index < -0.39 is 15.8 Å². The highest BCUT2D eigenvalue weighted by Gasteiger charge is 2.14. The van der Waals surface area contributed by atoms with Crippen molar-refractivity contribution >= 4 is 28.1 Å². The van der Waals surface area contributed by atoms with E-state index in [1.807, 2.05) is 4.72 Å². The lowest BCUT2D eigenvalue weighted by molar-refractivity contribution is 0.603. The lowest BCUT2D eigenvalue weighted by Gasteiger charge is -2.08. The summed E-state index contributed by atoms with van der Waals surface area (Å²) in [5, 5.41) is 8.77. The Morgan fingerprint density at radius 1 is 1.53 bits per heavy atom. The molecule has 1 aromatic carbocycles. The average Bonchev–Trinajstić information content (AvgIpc) is 2.19. The van der Waals surface area contributed by atoms with Gasteiger partial charge in [-0.1, -0.05) is 0 Å². The normalized spacial score (nSPS) is 10.2. The number of nitrogens with two attached hydrogens (primary N) is 1. The summed E-state index contributed by atoms with van der Waals surface area (Å²) in [5.41, 5.74) is 5.29. The Morgan fingerprint density at radius 3 is 2.53 bits per heavy atom. The van der Waals surface area contributed by atoms with Crippen molar-refractivity contribution in [2.24, 2.45) is 5.73 Å². The van der Waals surface area contributed by atoms with Crippen LogP contribution < -0.4 is 10.5 Å². The van der Waals surface area contributed by atoms with Crippen molar-refractivity contribution in [2.45, 2.75) is 6.54 Å². The molecular weight excluding hydrogens is 269 g/mol. The fourth-order valence-electron chi connectivity index (χ4n) is 1.16. The third-order valence-corrected chi connectivity index (χ3v) is 2.37. The number of anilines is 1. The van der Waals surface area contributed by atoms with E-state index in [9.17, 15) is 12.8 Å². The van der Waals surface area contributed by atoms with Crippen LogP contribution in [0.1, 0.15) is 11.1 Å². The first-order valence-electron chi connectivity index (χ1n) is 4.27. The zero-order valence-electron chi connectivity index (χ0n) is 8.90. The van der Waals surface area contributed by atoms with Gasteiger partial charge >= 0.3 is 0 Å². The molecule has 5 nitrogen and oxygen atoms in total. The van der Waals surface area contributed by atoms with Crippen LogP contribution in [0.2, 0.25) is 0 Å². The Morgan fingerprint density at radius 2 is 2.12 bits per heavy atom. The molecule has 0 aliphatic rings. The van der Waals surface area contributed by atoms with E-state index in [0.717, 1.165) is 12.3 Å². The molecule has 0 fully saturated rings. The molecule has 0 aliphatic heterocycles. The average molecular weight is 280 g/mol. The maximum absolute atomic E-state index is 13.5. The van der Waals surface area contributed by atoms with Gasteiger partial charge in [0, 0.05) is 6.54 Å². The van der Waals surface area contributed by atoms with Crippen molar-refractivity contribution in [1.29, 1.82) is 5.26 Å². The Kier molecular flexibility index (Phi) is 5.35. The predicted octanol–water partition coefficient (Wildman–Crippen LogP) is 0.949. The molecule has 0 unspecified atom stereocenters. The molecule has 0 aromatic heterocycles. The minimum Gasteiger partial charge on any atom is -0.326 e. The lowest BCUT2D eigenvalue weighted by atomic mass is 10.1. The quantitative estimate of drug-likeness (QED) is 0.861. The van der Waals surface area contributed by atoms with Crippen LogP contribution in [0.5, 0.6) is 0 Å². The molecule has 0 saturated heterocycles. The van der Waals surface area contributed by atoms with E-state index in [-0.39, 0.29) is 30.2 Å². The van der Waals surface area contributed by atoms with Gasteiger partial charge in [-0.2, -0.15) is 5.26 Å². The number of nitriles is 1. The van der Waals surface area contributed by atoms with Crippen LogP contribution >= 0.6 is 12.4 Å². The summed E-state index contributed by atoms with van der Waals surface area (Å²) in [6.07, 6.45) is 0.879. The van der Waals surface area contributed by atoms with E-state index in [0.29, 0.717) is 5.56 Å². The summed E-state index contributed by atoms with van der Waals surface area (Å²) >= 11 is 0. The van der Waals surface area contributed by atoms with Crippen molar-refractivity contribution < 1.29 is 12.8 Å². The number of sulfonamides is 1. The molecule has 0 radical (unpaired) electrons. The third kappa shape index (κ3) is 4.19. The smallest absolute Gasteiger partial charge is 0.229 e. The summed E-state index contributed by atoms with van der Waals surface area (Å²) in [5.74, 6) is -0.815. The van der Waals surface area contributed by atoms with E-state index in [1.54, 1.807) is 6.07 Å². The van der Waals surface area contributed by atoms with Crippen molar-refractivity contribution in [2.75, 3.05) is 11.0 Å². The number of halogens is 2. The van der Waals surface area contributed by atoms with Gasteiger partial charge in [-0.3, -0.25) is 4.72 Å². The van der Waals surface area contributed by atoms with Crippen LogP contribution in [0.3, 0.4) is 0 Å². The Hall–Kier alpha value is -1.36. The number of hydrogen-bond acceptors (Lipinski definition) is 4. The standard InChI is InChI=1S/C9H10FN3O2S.ClH/c1-16(14,15)13-9-7(5-12)2-6(4-11)3-8(9)10;/h2-3,13H,4,11H2,1H3;1H. The summed E-state index contributed by atoms with van der Waals surface area (Å²) in [4.78, 5) is 0. The summed E-state index contributed by atoms with van der Waals surface area (Å²) in [6.45, 7) is 0.0742. The second kappa shape index (κ2) is 5.82. The number of rotatable bonds is 3. The van der Waals surface area contributed by atoms with Crippen molar-refractivity contribution in [3.8, 4) is 6.07 Å². The number of hydrogen-bond donors (Lipinski definition) is 2. The van der Waals surface area contributed by atoms with E-state index in [4.69, 9.17) is 11.0 Å². The molecule has 1 aromatic rings. The van der Waals surface area contributed by atoms with Crippen LogP contribution in [0.15, 0.2) is 12.1 Å². The van der Waals surface area contributed by atoms with Crippen molar-refractivity contribution in [1.82, 2.24) is 0 Å². The summed E-state index contributed by atoms with van der Waals surface area (Å²) < 4.78 is 37.4. The zero-order chi connectivity index (χ0) is 12.3. The van der Waals surface area contributed by atoms with Gasteiger partial charge in [-0.25, -0.2) is 12.8 Å². The Bertz CT molecular complexity index is 554. The molecule has 0 saturated carbocycles. The first-order chi connectivity index (χ1) is 7.37.